The number of benzene rings is 1. The molecule has 1 aromatic carbocycles. The summed E-state index contributed by atoms with van der Waals surface area (Å²) in [5.74, 6) is -0.409. The van der Waals surface area contributed by atoms with Gasteiger partial charge in [0.25, 0.3) is 5.91 Å². The van der Waals surface area contributed by atoms with Crippen LogP contribution < -0.4 is 4.90 Å². The van der Waals surface area contributed by atoms with Gasteiger partial charge in [-0.05, 0) is 12.1 Å². The molecule has 3 amide bonds. The molecule has 1 heterocycles. The number of carbonyl (C=O) groups excluding carboxylic acids is 2. The summed E-state index contributed by atoms with van der Waals surface area (Å²) < 4.78 is 0. The predicted octanol–water partition coefficient (Wildman–Crippen LogP) is 1.61. The highest BCUT2D eigenvalue weighted by Gasteiger charge is 2.22. The zero-order chi connectivity index (χ0) is 9.97. The van der Waals surface area contributed by atoms with E-state index in [1.165, 1.54) is 4.90 Å². The molecule has 0 aliphatic carbocycles. The molecular weight excluding hydrogens is 182 g/mol. The third-order valence-corrected chi connectivity index (χ3v) is 1.84. The van der Waals surface area contributed by atoms with E-state index in [0.717, 1.165) is 0 Å². The third-order valence-electron chi connectivity index (χ3n) is 1.84. The Bertz CT molecular complexity index is 400. The van der Waals surface area contributed by atoms with E-state index in [2.05, 4.69) is 10.2 Å². The lowest BCUT2D eigenvalue weighted by Crippen LogP contribution is -2.35. The summed E-state index contributed by atoms with van der Waals surface area (Å²) in [6.07, 6.45) is 0. The fourth-order valence-corrected chi connectivity index (χ4v) is 1.20. The summed E-state index contributed by atoms with van der Waals surface area (Å²) in [5.41, 5.74) is 0.657. The van der Waals surface area contributed by atoms with Gasteiger partial charge in [-0.2, -0.15) is 0 Å². The lowest BCUT2D eigenvalue weighted by atomic mass is 10.3. The van der Waals surface area contributed by atoms with Crippen LogP contribution in [0.25, 0.3) is 0 Å². The second-order valence-corrected chi connectivity index (χ2v) is 2.80. The number of anilines is 1. The second-order valence-electron chi connectivity index (χ2n) is 2.80. The average Bonchev–Trinajstić information content (AvgIpc) is 2.23. The molecule has 0 saturated carbocycles. The minimum Gasteiger partial charge on any atom is -0.282 e. The highest BCUT2D eigenvalue weighted by Crippen LogP contribution is 2.16. The van der Waals surface area contributed by atoms with Crippen molar-refractivity contribution in [1.82, 2.24) is 0 Å². The third kappa shape index (κ3) is 1.52. The maximum Gasteiger partial charge on any atom is 0.367 e. The standard InChI is InChI=1S/C9H7N3O2/c13-8-6-12(9(14)11-10-8)7-4-2-1-3-5-7/h1-5H,6H2. The van der Waals surface area contributed by atoms with Crippen LogP contribution in [0.4, 0.5) is 10.5 Å². The second kappa shape index (κ2) is 3.37. The van der Waals surface area contributed by atoms with Crippen molar-refractivity contribution >= 4 is 17.6 Å². The first kappa shape index (κ1) is 8.55. The number of rotatable bonds is 1. The highest BCUT2D eigenvalue weighted by molar-refractivity contribution is 6.01. The van der Waals surface area contributed by atoms with Gasteiger partial charge >= 0.3 is 6.03 Å². The fourth-order valence-electron chi connectivity index (χ4n) is 1.20. The number of nitrogens with zero attached hydrogens (tertiary/aromatic N) is 3. The van der Waals surface area contributed by atoms with Gasteiger partial charge in [0.05, 0.1) is 0 Å². The fraction of sp³-hybridized carbons (Fsp3) is 0.111. The molecule has 70 valence electrons. The van der Waals surface area contributed by atoms with E-state index in [4.69, 9.17) is 0 Å². The van der Waals surface area contributed by atoms with Gasteiger partial charge in [-0.15, -0.1) is 5.11 Å². The molecule has 14 heavy (non-hydrogen) atoms. The Morgan fingerprint density at radius 3 is 2.50 bits per heavy atom. The van der Waals surface area contributed by atoms with Gasteiger partial charge in [0, 0.05) is 5.69 Å². The van der Waals surface area contributed by atoms with Crippen molar-refractivity contribution in [3.8, 4) is 0 Å². The topological polar surface area (TPSA) is 62.1 Å². The summed E-state index contributed by atoms with van der Waals surface area (Å²) in [5, 5.41) is 6.41. The zero-order valence-corrected chi connectivity index (χ0v) is 7.25. The molecule has 5 nitrogen and oxygen atoms in total. The SMILES string of the molecule is O=C1CN(c2ccccc2)C(=O)N=N1. The van der Waals surface area contributed by atoms with Gasteiger partial charge in [0.15, 0.2) is 0 Å². The molecule has 2 rings (SSSR count). The summed E-state index contributed by atoms with van der Waals surface area (Å²) in [6, 6.07) is 8.40. The largest absolute Gasteiger partial charge is 0.367 e. The van der Waals surface area contributed by atoms with E-state index < -0.39 is 11.9 Å². The van der Waals surface area contributed by atoms with Crippen LogP contribution >= 0.6 is 0 Å². The van der Waals surface area contributed by atoms with Crippen molar-refractivity contribution in [3.05, 3.63) is 30.3 Å². The molecule has 1 aliphatic heterocycles. The molecule has 0 spiro atoms. The first-order valence-corrected chi connectivity index (χ1v) is 4.08. The van der Waals surface area contributed by atoms with Crippen LogP contribution in [0.2, 0.25) is 0 Å². The quantitative estimate of drug-likeness (QED) is 0.673. The van der Waals surface area contributed by atoms with Gasteiger partial charge in [0.1, 0.15) is 6.54 Å². The van der Waals surface area contributed by atoms with Crippen LogP contribution in [0.5, 0.6) is 0 Å². The highest BCUT2D eigenvalue weighted by atomic mass is 16.2. The Hall–Kier alpha value is -2.04. The number of para-hydroxylation sites is 1. The summed E-state index contributed by atoms with van der Waals surface area (Å²) >= 11 is 0. The Morgan fingerprint density at radius 2 is 1.79 bits per heavy atom. The molecule has 0 fully saturated rings. The number of hydrogen-bond donors (Lipinski definition) is 0. The number of hydrogen-bond acceptors (Lipinski definition) is 2. The minimum atomic E-state index is -0.504. The molecule has 0 atom stereocenters. The van der Waals surface area contributed by atoms with E-state index in [1.54, 1.807) is 24.3 Å². The van der Waals surface area contributed by atoms with Crippen LogP contribution in [-0.2, 0) is 4.79 Å². The van der Waals surface area contributed by atoms with Gasteiger partial charge in [-0.25, -0.2) is 4.79 Å². The number of carbonyl (C=O) groups is 2. The predicted molar refractivity (Wildman–Crippen MR) is 49.0 cm³/mol. The number of amides is 3. The van der Waals surface area contributed by atoms with E-state index in [-0.39, 0.29) is 6.54 Å². The lowest BCUT2D eigenvalue weighted by Gasteiger charge is -2.19. The Kier molecular flexibility index (Phi) is 2.06. The Morgan fingerprint density at radius 1 is 1.07 bits per heavy atom. The van der Waals surface area contributed by atoms with Gasteiger partial charge in [0.2, 0.25) is 0 Å². The molecule has 0 aromatic heterocycles. The molecule has 0 N–H and O–H groups in total. The van der Waals surface area contributed by atoms with E-state index in [0.29, 0.717) is 5.69 Å². The Balaban J connectivity index is 2.32. The molecule has 0 bridgehead atoms. The van der Waals surface area contributed by atoms with Crippen molar-refractivity contribution in [2.24, 2.45) is 10.2 Å². The number of azo groups is 1. The maximum atomic E-state index is 11.3. The van der Waals surface area contributed by atoms with Crippen molar-refractivity contribution < 1.29 is 9.59 Å². The van der Waals surface area contributed by atoms with Gasteiger partial charge in [-0.1, -0.05) is 23.3 Å². The molecule has 0 radical (unpaired) electrons. The van der Waals surface area contributed by atoms with Crippen LogP contribution in [0.3, 0.4) is 0 Å². The van der Waals surface area contributed by atoms with E-state index in [9.17, 15) is 9.59 Å². The van der Waals surface area contributed by atoms with E-state index >= 15 is 0 Å². The summed E-state index contributed by atoms with van der Waals surface area (Å²) in [7, 11) is 0. The van der Waals surface area contributed by atoms with Gasteiger partial charge in [-0.3, -0.25) is 9.69 Å². The van der Waals surface area contributed by atoms with Crippen molar-refractivity contribution in [2.45, 2.75) is 0 Å². The van der Waals surface area contributed by atoms with Crippen LogP contribution in [0, 0.1) is 0 Å². The zero-order valence-electron chi connectivity index (χ0n) is 7.25. The molecule has 0 saturated heterocycles. The smallest absolute Gasteiger partial charge is 0.282 e. The summed E-state index contributed by atoms with van der Waals surface area (Å²) in [6.45, 7) is -0.0354. The van der Waals surface area contributed by atoms with Crippen LogP contribution in [0.1, 0.15) is 0 Å². The maximum absolute atomic E-state index is 11.3. The van der Waals surface area contributed by atoms with Crippen LogP contribution in [-0.4, -0.2) is 18.5 Å². The molecule has 1 aliphatic rings. The molecular formula is C9H7N3O2. The van der Waals surface area contributed by atoms with E-state index in [1.807, 2.05) is 6.07 Å². The first-order chi connectivity index (χ1) is 6.77. The average molecular weight is 189 g/mol. The lowest BCUT2D eigenvalue weighted by molar-refractivity contribution is -0.117. The van der Waals surface area contributed by atoms with Crippen LogP contribution in [0.15, 0.2) is 40.6 Å². The minimum absolute atomic E-state index is 0.0354. The monoisotopic (exact) mass is 189 g/mol. The van der Waals surface area contributed by atoms with Crippen molar-refractivity contribution in [3.63, 3.8) is 0 Å². The molecule has 1 aromatic rings. The Labute approximate surface area is 80.1 Å². The first-order valence-electron chi connectivity index (χ1n) is 4.08. The normalized spacial score (nSPS) is 16.1. The van der Waals surface area contributed by atoms with Crippen molar-refractivity contribution in [1.29, 1.82) is 0 Å². The number of urea groups is 1. The van der Waals surface area contributed by atoms with Gasteiger partial charge < -0.3 is 0 Å². The van der Waals surface area contributed by atoms with Crippen molar-refractivity contribution in [2.75, 3.05) is 11.4 Å². The molecule has 5 heteroatoms. The molecule has 0 unspecified atom stereocenters. The summed E-state index contributed by atoms with van der Waals surface area (Å²) in [4.78, 5) is 23.5.